The monoisotopic (exact) mass is 408 g/mol. The van der Waals surface area contributed by atoms with E-state index in [2.05, 4.69) is 0 Å². The van der Waals surface area contributed by atoms with Gasteiger partial charge in [-0.15, -0.1) is 0 Å². The molecule has 2 N–H and O–H groups in total. The van der Waals surface area contributed by atoms with Gasteiger partial charge in [0.1, 0.15) is 11.7 Å². The fourth-order valence-electron chi connectivity index (χ4n) is 4.02. The zero-order valence-corrected chi connectivity index (χ0v) is 16.5. The summed E-state index contributed by atoms with van der Waals surface area (Å²) < 4.78 is 26.5. The average Bonchev–Trinajstić information content (AvgIpc) is 2.79. The second kappa shape index (κ2) is 9.06. The van der Waals surface area contributed by atoms with Gasteiger partial charge in [0.2, 0.25) is 0 Å². The molecule has 0 unspecified atom stereocenters. The van der Waals surface area contributed by atoms with E-state index >= 15 is 0 Å². The highest BCUT2D eigenvalue weighted by Crippen LogP contribution is 2.41. The number of aliphatic hydroxyl groups is 2. The van der Waals surface area contributed by atoms with Gasteiger partial charge in [0.05, 0.1) is 12.7 Å². The lowest BCUT2D eigenvalue weighted by Crippen LogP contribution is -2.49. The molecule has 4 nitrogen and oxygen atoms in total. The molecule has 5 heteroatoms. The van der Waals surface area contributed by atoms with Gasteiger partial charge in [-0.25, -0.2) is 4.39 Å². The first-order valence-corrected chi connectivity index (χ1v) is 10.1. The molecule has 0 aliphatic carbocycles. The molecule has 3 aromatic rings. The third kappa shape index (κ3) is 4.02. The van der Waals surface area contributed by atoms with Crippen molar-refractivity contribution in [3.8, 4) is 0 Å². The van der Waals surface area contributed by atoms with Crippen molar-refractivity contribution in [3.05, 3.63) is 108 Å². The van der Waals surface area contributed by atoms with E-state index < -0.39 is 30.3 Å². The van der Waals surface area contributed by atoms with Crippen LogP contribution in [0.15, 0.2) is 91.0 Å². The summed E-state index contributed by atoms with van der Waals surface area (Å²) in [5.41, 5.74) is 1.64. The molecule has 1 saturated heterocycles. The molecule has 0 saturated carbocycles. The van der Waals surface area contributed by atoms with Crippen LogP contribution < -0.4 is 0 Å². The number of alkyl halides is 1. The summed E-state index contributed by atoms with van der Waals surface area (Å²) in [6, 6.07) is 29.2. The quantitative estimate of drug-likeness (QED) is 0.609. The standard InChI is InChI=1S/C25H25FO4/c26-24-21(27)16-23(28)30-22(24)17-29-25(18-10-4-1-5-11-18,19-12-6-2-7-13-19)20-14-8-3-9-15-20/h1-15,21-24,27-28H,16-17H2/t21-,22-,23+,24+/m1/s1. The lowest BCUT2D eigenvalue weighted by Gasteiger charge is -2.39. The number of benzene rings is 3. The predicted molar refractivity (Wildman–Crippen MR) is 112 cm³/mol. The molecule has 1 fully saturated rings. The Morgan fingerprint density at radius 2 is 1.23 bits per heavy atom. The van der Waals surface area contributed by atoms with Crippen LogP contribution in [0.25, 0.3) is 0 Å². The minimum absolute atomic E-state index is 0.145. The summed E-state index contributed by atoms with van der Waals surface area (Å²) >= 11 is 0. The van der Waals surface area contributed by atoms with Gasteiger partial charge in [-0.05, 0) is 16.7 Å². The van der Waals surface area contributed by atoms with E-state index in [4.69, 9.17) is 9.47 Å². The summed E-state index contributed by atoms with van der Waals surface area (Å²) in [4.78, 5) is 0. The fraction of sp³-hybridized carbons (Fsp3) is 0.280. The zero-order chi connectivity index (χ0) is 21.0. The summed E-state index contributed by atoms with van der Waals surface area (Å²) in [5, 5.41) is 19.8. The first-order chi connectivity index (χ1) is 14.6. The second-order valence-corrected chi connectivity index (χ2v) is 7.47. The number of rotatable bonds is 6. The molecule has 1 aliphatic heterocycles. The molecule has 0 aromatic heterocycles. The van der Waals surface area contributed by atoms with Crippen LogP contribution in [0.1, 0.15) is 23.1 Å². The van der Waals surface area contributed by atoms with Gasteiger partial charge < -0.3 is 19.7 Å². The van der Waals surface area contributed by atoms with Gasteiger partial charge in [-0.1, -0.05) is 91.0 Å². The summed E-state index contributed by atoms with van der Waals surface area (Å²) in [7, 11) is 0. The maximum Gasteiger partial charge on any atom is 0.157 e. The highest BCUT2D eigenvalue weighted by atomic mass is 19.1. The first kappa shape index (κ1) is 20.7. The molecule has 0 radical (unpaired) electrons. The highest BCUT2D eigenvalue weighted by Gasteiger charge is 2.42. The predicted octanol–water partition coefficient (Wildman–Crippen LogP) is 3.80. The van der Waals surface area contributed by atoms with E-state index in [1.807, 2.05) is 91.0 Å². The van der Waals surface area contributed by atoms with Crippen molar-refractivity contribution >= 4 is 0 Å². The van der Waals surface area contributed by atoms with Crippen molar-refractivity contribution in [2.45, 2.75) is 36.7 Å². The minimum atomic E-state index is -1.64. The third-order valence-electron chi connectivity index (χ3n) is 5.50. The number of aliphatic hydroxyl groups excluding tert-OH is 2. The van der Waals surface area contributed by atoms with Crippen LogP contribution in [0.4, 0.5) is 4.39 Å². The van der Waals surface area contributed by atoms with Crippen LogP contribution in [-0.4, -0.2) is 41.5 Å². The van der Waals surface area contributed by atoms with Gasteiger partial charge in [-0.2, -0.15) is 0 Å². The topological polar surface area (TPSA) is 58.9 Å². The molecule has 1 aliphatic rings. The van der Waals surface area contributed by atoms with Crippen LogP contribution in [0, 0.1) is 0 Å². The molecule has 0 bridgehead atoms. The van der Waals surface area contributed by atoms with E-state index in [9.17, 15) is 14.6 Å². The maximum atomic E-state index is 14.6. The van der Waals surface area contributed by atoms with Gasteiger partial charge >= 0.3 is 0 Å². The maximum absolute atomic E-state index is 14.6. The van der Waals surface area contributed by atoms with Crippen molar-refractivity contribution in [1.82, 2.24) is 0 Å². The Kier molecular flexibility index (Phi) is 6.25. The molecule has 3 aromatic carbocycles. The second-order valence-electron chi connectivity index (χ2n) is 7.47. The van der Waals surface area contributed by atoms with E-state index in [0.717, 1.165) is 16.7 Å². The van der Waals surface area contributed by atoms with Crippen LogP contribution >= 0.6 is 0 Å². The lowest BCUT2D eigenvalue weighted by atomic mass is 9.80. The number of hydrogen-bond acceptors (Lipinski definition) is 4. The van der Waals surface area contributed by atoms with Crippen LogP contribution in [0.5, 0.6) is 0 Å². The van der Waals surface area contributed by atoms with Crippen molar-refractivity contribution < 1.29 is 24.1 Å². The number of hydrogen-bond donors (Lipinski definition) is 2. The Balaban J connectivity index is 1.79. The first-order valence-electron chi connectivity index (χ1n) is 10.1. The molecular formula is C25H25FO4. The van der Waals surface area contributed by atoms with Crippen molar-refractivity contribution in [1.29, 1.82) is 0 Å². The number of halogens is 1. The molecule has 0 spiro atoms. The zero-order valence-electron chi connectivity index (χ0n) is 16.5. The normalized spacial score (nSPS) is 24.5. The Morgan fingerprint density at radius 1 is 0.800 bits per heavy atom. The molecule has 4 atom stereocenters. The van der Waals surface area contributed by atoms with Crippen molar-refractivity contribution in [2.75, 3.05) is 6.61 Å². The summed E-state index contributed by atoms with van der Waals surface area (Å²) in [6.45, 7) is -0.145. The summed E-state index contributed by atoms with van der Waals surface area (Å²) in [6.07, 6.45) is -5.39. The Hall–Kier alpha value is -2.57. The average molecular weight is 408 g/mol. The molecule has 0 amide bonds. The number of ether oxygens (including phenoxy) is 2. The third-order valence-corrected chi connectivity index (χ3v) is 5.50. The van der Waals surface area contributed by atoms with Gasteiger partial charge in [-0.3, -0.25) is 0 Å². The van der Waals surface area contributed by atoms with E-state index in [1.165, 1.54) is 0 Å². The van der Waals surface area contributed by atoms with Crippen LogP contribution in [0.3, 0.4) is 0 Å². The molecule has 30 heavy (non-hydrogen) atoms. The van der Waals surface area contributed by atoms with Gasteiger partial charge in [0.25, 0.3) is 0 Å². The van der Waals surface area contributed by atoms with Crippen molar-refractivity contribution in [2.24, 2.45) is 0 Å². The Bertz CT molecular complexity index is 823. The van der Waals surface area contributed by atoms with Gasteiger partial charge in [0, 0.05) is 6.42 Å². The molecular weight excluding hydrogens is 383 g/mol. The fourth-order valence-corrected chi connectivity index (χ4v) is 4.02. The lowest BCUT2D eigenvalue weighted by molar-refractivity contribution is -0.234. The summed E-state index contributed by atoms with van der Waals surface area (Å²) in [5.74, 6) is 0. The van der Waals surface area contributed by atoms with Crippen LogP contribution in [-0.2, 0) is 15.1 Å². The van der Waals surface area contributed by atoms with E-state index in [0.29, 0.717) is 0 Å². The Morgan fingerprint density at radius 3 is 1.67 bits per heavy atom. The molecule has 1 heterocycles. The minimum Gasteiger partial charge on any atom is -0.390 e. The van der Waals surface area contributed by atoms with Crippen molar-refractivity contribution in [3.63, 3.8) is 0 Å². The SMILES string of the molecule is O[C@@H]1C[C@@H](O)[C@H](F)[C@@H](COC(c2ccccc2)(c2ccccc2)c2ccccc2)O1. The van der Waals surface area contributed by atoms with E-state index in [-0.39, 0.29) is 13.0 Å². The highest BCUT2D eigenvalue weighted by molar-refractivity contribution is 5.47. The largest absolute Gasteiger partial charge is 0.390 e. The van der Waals surface area contributed by atoms with Gasteiger partial charge in [0.15, 0.2) is 12.5 Å². The van der Waals surface area contributed by atoms with Crippen LogP contribution in [0.2, 0.25) is 0 Å². The van der Waals surface area contributed by atoms with E-state index in [1.54, 1.807) is 0 Å². The molecule has 4 rings (SSSR count). The Labute approximate surface area is 175 Å². The molecule has 156 valence electrons. The smallest absolute Gasteiger partial charge is 0.157 e.